The lowest BCUT2D eigenvalue weighted by molar-refractivity contribution is -0.113. The van der Waals surface area contributed by atoms with Crippen molar-refractivity contribution in [2.24, 2.45) is 0 Å². The van der Waals surface area contributed by atoms with Gasteiger partial charge >= 0.3 is 0 Å². The summed E-state index contributed by atoms with van der Waals surface area (Å²) < 4.78 is 7.18. The molecule has 0 aliphatic carbocycles. The summed E-state index contributed by atoms with van der Waals surface area (Å²) in [5.41, 5.74) is 0.827. The van der Waals surface area contributed by atoms with Crippen molar-refractivity contribution in [3.63, 3.8) is 0 Å². The Morgan fingerprint density at radius 1 is 1.29 bits per heavy atom. The molecule has 3 aromatic rings. The summed E-state index contributed by atoms with van der Waals surface area (Å²) in [6.45, 7) is 0.541. The largest absolute Gasteiger partial charge is 0.467 e. The highest BCUT2D eigenvalue weighted by Gasteiger charge is 2.11. The molecule has 3 rings (SSSR count). The molecule has 1 aromatic carbocycles. The number of aromatic nitrogens is 3. The second-order valence-electron chi connectivity index (χ2n) is 4.86. The fourth-order valence-electron chi connectivity index (χ4n) is 2.10. The average molecular weight is 360 g/mol. The molecule has 0 unspecified atom stereocenters. The maximum absolute atomic E-state index is 12.2. The van der Waals surface area contributed by atoms with E-state index in [1.165, 1.54) is 11.8 Å². The Balaban J connectivity index is 1.58. The molecule has 0 spiro atoms. The zero-order chi connectivity index (χ0) is 16.8. The summed E-state index contributed by atoms with van der Waals surface area (Å²) >= 11 is 2.94. The number of amides is 1. The Kier molecular flexibility index (Phi) is 5.60. The van der Waals surface area contributed by atoms with Crippen LogP contribution >= 0.6 is 23.5 Å². The molecule has 0 saturated carbocycles. The minimum Gasteiger partial charge on any atom is -0.467 e. The predicted octanol–water partition coefficient (Wildman–Crippen LogP) is 3.37. The average Bonchev–Trinajstić information content (AvgIpc) is 3.26. The summed E-state index contributed by atoms with van der Waals surface area (Å²) in [5.74, 6) is 1.00. The van der Waals surface area contributed by atoms with Gasteiger partial charge in [-0.1, -0.05) is 23.9 Å². The molecule has 0 aliphatic heterocycles. The number of benzene rings is 1. The molecule has 1 amide bonds. The number of para-hydroxylation sites is 1. The van der Waals surface area contributed by atoms with E-state index in [0.717, 1.165) is 16.3 Å². The Morgan fingerprint density at radius 3 is 2.96 bits per heavy atom. The fraction of sp³-hybridized carbons (Fsp3) is 0.188. The lowest BCUT2D eigenvalue weighted by Crippen LogP contribution is -2.15. The second-order valence-corrected chi connectivity index (χ2v) is 6.65. The van der Waals surface area contributed by atoms with Crippen molar-refractivity contribution < 1.29 is 9.21 Å². The predicted molar refractivity (Wildman–Crippen MR) is 95.4 cm³/mol. The van der Waals surface area contributed by atoms with E-state index >= 15 is 0 Å². The standard InChI is InChI=1S/C16H16N4O2S2/c1-23-14-7-3-2-6-13(14)18-15(21)10-24-16-19-17-11-20(16)9-12-5-4-8-22-12/h2-8,11H,9-10H2,1H3,(H,18,21). The molecule has 0 fully saturated rings. The molecule has 0 bridgehead atoms. The third-order valence-corrected chi connectivity index (χ3v) is 4.98. The van der Waals surface area contributed by atoms with E-state index in [0.29, 0.717) is 11.7 Å². The number of rotatable bonds is 7. The number of furan rings is 1. The number of carbonyl (C=O) groups excluding carboxylic acids is 1. The van der Waals surface area contributed by atoms with Gasteiger partial charge in [-0.2, -0.15) is 0 Å². The first kappa shape index (κ1) is 16.7. The molecule has 0 aliphatic rings. The van der Waals surface area contributed by atoms with Crippen LogP contribution in [-0.4, -0.2) is 32.7 Å². The normalized spacial score (nSPS) is 10.7. The molecule has 24 heavy (non-hydrogen) atoms. The van der Waals surface area contributed by atoms with E-state index in [2.05, 4.69) is 15.5 Å². The van der Waals surface area contributed by atoms with Gasteiger partial charge in [0.25, 0.3) is 0 Å². The molecule has 124 valence electrons. The zero-order valence-electron chi connectivity index (χ0n) is 13.0. The van der Waals surface area contributed by atoms with Crippen molar-refractivity contribution in [1.82, 2.24) is 14.8 Å². The van der Waals surface area contributed by atoms with Gasteiger partial charge in [0, 0.05) is 4.90 Å². The Hall–Kier alpha value is -2.19. The van der Waals surface area contributed by atoms with Gasteiger partial charge < -0.3 is 14.3 Å². The number of hydrogen-bond donors (Lipinski definition) is 1. The summed E-state index contributed by atoms with van der Waals surface area (Å²) in [4.78, 5) is 13.2. The number of anilines is 1. The summed E-state index contributed by atoms with van der Waals surface area (Å²) in [6, 6.07) is 11.5. The molecule has 0 atom stereocenters. The van der Waals surface area contributed by atoms with E-state index in [4.69, 9.17) is 4.42 Å². The van der Waals surface area contributed by atoms with Crippen LogP contribution in [0.4, 0.5) is 5.69 Å². The minimum atomic E-state index is -0.0750. The number of nitrogens with zero attached hydrogens (tertiary/aromatic N) is 3. The summed E-state index contributed by atoms with van der Waals surface area (Å²) in [6.07, 6.45) is 5.24. The van der Waals surface area contributed by atoms with Gasteiger partial charge in [-0.25, -0.2) is 0 Å². The Labute approximate surface area is 148 Å². The van der Waals surface area contributed by atoms with E-state index < -0.39 is 0 Å². The van der Waals surface area contributed by atoms with Crippen molar-refractivity contribution in [2.75, 3.05) is 17.3 Å². The van der Waals surface area contributed by atoms with E-state index in [1.54, 1.807) is 24.4 Å². The summed E-state index contributed by atoms with van der Waals surface area (Å²) in [7, 11) is 0. The smallest absolute Gasteiger partial charge is 0.234 e. The molecular formula is C16H16N4O2S2. The van der Waals surface area contributed by atoms with Crippen molar-refractivity contribution in [1.29, 1.82) is 0 Å². The van der Waals surface area contributed by atoms with Crippen LogP contribution in [-0.2, 0) is 11.3 Å². The van der Waals surface area contributed by atoms with Crippen LogP contribution in [0, 0.1) is 0 Å². The van der Waals surface area contributed by atoms with Crippen molar-refractivity contribution in [3.8, 4) is 0 Å². The van der Waals surface area contributed by atoms with Gasteiger partial charge in [0.15, 0.2) is 5.16 Å². The number of hydrogen-bond acceptors (Lipinski definition) is 6. The maximum Gasteiger partial charge on any atom is 0.234 e. The maximum atomic E-state index is 12.2. The van der Waals surface area contributed by atoms with Crippen LogP contribution in [0.1, 0.15) is 5.76 Å². The van der Waals surface area contributed by atoms with Crippen LogP contribution < -0.4 is 5.32 Å². The second kappa shape index (κ2) is 8.07. The van der Waals surface area contributed by atoms with E-state index in [9.17, 15) is 4.79 Å². The third-order valence-electron chi connectivity index (χ3n) is 3.20. The first-order valence-electron chi connectivity index (χ1n) is 7.22. The molecule has 2 aromatic heterocycles. The van der Waals surface area contributed by atoms with Crippen LogP contribution in [0.3, 0.4) is 0 Å². The zero-order valence-corrected chi connectivity index (χ0v) is 14.6. The first-order chi connectivity index (χ1) is 11.8. The highest BCUT2D eigenvalue weighted by molar-refractivity contribution is 7.99. The molecule has 1 N–H and O–H groups in total. The monoisotopic (exact) mass is 360 g/mol. The van der Waals surface area contributed by atoms with E-state index in [1.807, 2.05) is 47.2 Å². The van der Waals surface area contributed by atoms with Gasteiger partial charge in [0.1, 0.15) is 12.1 Å². The molecular weight excluding hydrogens is 344 g/mol. The van der Waals surface area contributed by atoms with Gasteiger partial charge in [-0.15, -0.1) is 22.0 Å². The van der Waals surface area contributed by atoms with Crippen molar-refractivity contribution in [2.45, 2.75) is 16.6 Å². The van der Waals surface area contributed by atoms with Crippen LogP contribution in [0.25, 0.3) is 0 Å². The topological polar surface area (TPSA) is 73.0 Å². The first-order valence-corrected chi connectivity index (χ1v) is 9.43. The van der Waals surface area contributed by atoms with Crippen LogP contribution in [0.15, 0.2) is 63.5 Å². The van der Waals surface area contributed by atoms with Crippen LogP contribution in [0.5, 0.6) is 0 Å². The fourth-order valence-corrected chi connectivity index (χ4v) is 3.37. The molecule has 0 radical (unpaired) electrons. The van der Waals surface area contributed by atoms with Gasteiger partial charge in [0.2, 0.25) is 5.91 Å². The number of thioether (sulfide) groups is 2. The van der Waals surface area contributed by atoms with Gasteiger partial charge in [-0.3, -0.25) is 4.79 Å². The summed E-state index contributed by atoms with van der Waals surface area (Å²) in [5, 5.41) is 11.6. The molecule has 0 saturated heterocycles. The quantitative estimate of drug-likeness (QED) is 0.651. The van der Waals surface area contributed by atoms with Crippen molar-refractivity contribution in [3.05, 3.63) is 54.7 Å². The third kappa shape index (κ3) is 4.21. The molecule has 2 heterocycles. The minimum absolute atomic E-state index is 0.0750. The number of nitrogens with one attached hydrogen (secondary N) is 1. The Morgan fingerprint density at radius 2 is 2.17 bits per heavy atom. The van der Waals surface area contributed by atoms with Crippen molar-refractivity contribution >= 4 is 35.1 Å². The van der Waals surface area contributed by atoms with Crippen LogP contribution in [0.2, 0.25) is 0 Å². The molecule has 6 nitrogen and oxygen atoms in total. The van der Waals surface area contributed by atoms with Gasteiger partial charge in [-0.05, 0) is 30.5 Å². The Bertz CT molecular complexity index is 802. The van der Waals surface area contributed by atoms with E-state index in [-0.39, 0.29) is 11.7 Å². The molecule has 8 heteroatoms. The SMILES string of the molecule is CSc1ccccc1NC(=O)CSc1nncn1Cc1ccco1. The lowest BCUT2D eigenvalue weighted by Gasteiger charge is -2.09. The van der Waals surface area contributed by atoms with Gasteiger partial charge in [0.05, 0.1) is 24.2 Å². The lowest BCUT2D eigenvalue weighted by atomic mass is 10.3. The number of carbonyl (C=O) groups is 1. The highest BCUT2D eigenvalue weighted by atomic mass is 32.2. The highest BCUT2D eigenvalue weighted by Crippen LogP contribution is 2.25.